The molecule has 0 spiro atoms. The summed E-state index contributed by atoms with van der Waals surface area (Å²) in [6.07, 6.45) is 1.61. The van der Waals surface area contributed by atoms with Crippen molar-refractivity contribution >= 4 is 34.7 Å². The maximum absolute atomic E-state index is 11.2. The van der Waals surface area contributed by atoms with Gasteiger partial charge in [0, 0.05) is 4.90 Å². The highest BCUT2D eigenvalue weighted by molar-refractivity contribution is 7.99. The number of aryl methyl sites for hydroxylation is 1. The SMILES string of the molecule is COC(=O)CCOCCn1c(Sc2cc3c(cc2C)OCO3)nc2c(N)ncnc21. The number of rotatable bonds is 8. The minimum Gasteiger partial charge on any atom is -0.469 e. The summed E-state index contributed by atoms with van der Waals surface area (Å²) in [4.78, 5) is 25.2. The van der Waals surface area contributed by atoms with Gasteiger partial charge in [-0.05, 0) is 24.6 Å². The van der Waals surface area contributed by atoms with Gasteiger partial charge in [0.15, 0.2) is 33.6 Å². The van der Waals surface area contributed by atoms with Crippen molar-refractivity contribution in [2.75, 3.05) is 32.9 Å². The third kappa shape index (κ3) is 4.12. The summed E-state index contributed by atoms with van der Waals surface area (Å²) in [6.45, 7) is 3.36. The second-order valence-electron chi connectivity index (χ2n) is 6.49. The normalized spacial score (nSPS) is 12.5. The molecule has 11 heteroatoms. The maximum atomic E-state index is 11.2. The molecular weight excluding hydrogens is 410 g/mol. The summed E-state index contributed by atoms with van der Waals surface area (Å²) in [7, 11) is 1.35. The lowest BCUT2D eigenvalue weighted by Gasteiger charge is -2.10. The fraction of sp³-hybridized carbons (Fsp3) is 0.368. The van der Waals surface area contributed by atoms with Crippen molar-refractivity contribution in [1.82, 2.24) is 19.5 Å². The Morgan fingerprint density at radius 3 is 2.87 bits per heavy atom. The van der Waals surface area contributed by atoms with Crippen molar-refractivity contribution in [3.05, 3.63) is 24.0 Å². The first-order valence-electron chi connectivity index (χ1n) is 9.26. The first kappa shape index (κ1) is 20.2. The maximum Gasteiger partial charge on any atom is 0.307 e. The van der Waals surface area contributed by atoms with Crippen LogP contribution in [0.2, 0.25) is 0 Å². The van der Waals surface area contributed by atoms with Crippen LogP contribution in [0.4, 0.5) is 5.82 Å². The molecule has 10 nitrogen and oxygen atoms in total. The Morgan fingerprint density at radius 2 is 2.07 bits per heavy atom. The van der Waals surface area contributed by atoms with E-state index in [1.165, 1.54) is 25.2 Å². The van der Waals surface area contributed by atoms with E-state index in [0.29, 0.717) is 41.0 Å². The van der Waals surface area contributed by atoms with E-state index in [1.807, 2.05) is 23.6 Å². The summed E-state index contributed by atoms with van der Waals surface area (Å²) >= 11 is 1.48. The number of carbonyl (C=O) groups excluding carboxylic acids is 1. The number of carbonyl (C=O) groups is 1. The van der Waals surface area contributed by atoms with Crippen molar-refractivity contribution in [2.24, 2.45) is 0 Å². The molecule has 0 bridgehead atoms. The summed E-state index contributed by atoms with van der Waals surface area (Å²) in [5, 5.41) is 0.704. The fourth-order valence-electron chi connectivity index (χ4n) is 2.96. The molecule has 0 saturated heterocycles. The van der Waals surface area contributed by atoms with Crippen LogP contribution in [0, 0.1) is 6.92 Å². The predicted molar refractivity (Wildman–Crippen MR) is 109 cm³/mol. The van der Waals surface area contributed by atoms with E-state index in [9.17, 15) is 4.79 Å². The van der Waals surface area contributed by atoms with Crippen LogP contribution in [-0.2, 0) is 20.8 Å². The molecule has 2 N–H and O–H groups in total. The number of imidazole rings is 1. The molecule has 1 aromatic carbocycles. The van der Waals surface area contributed by atoms with Crippen molar-refractivity contribution in [3.8, 4) is 11.5 Å². The third-order valence-corrected chi connectivity index (χ3v) is 5.69. The number of hydrogen-bond acceptors (Lipinski definition) is 10. The zero-order chi connectivity index (χ0) is 21.1. The monoisotopic (exact) mass is 431 g/mol. The molecule has 0 aliphatic carbocycles. The van der Waals surface area contributed by atoms with Crippen LogP contribution >= 0.6 is 11.8 Å². The van der Waals surface area contributed by atoms with Crippen LogP contribution in [-0.4, -0.2) is 52.6 Å². The van der Waals surface area contributed by atoms with Gasteiger partial charge >= 0.3 is 5.97 Å². The lowest BCUT2D eigenvalue weighted by Crippen LogP contribution is -2.11. The predicted octanol–water partition coefficient (Wildman–Crippen LogP) is 2.18. The van der Waals surface area contributed by atoms with Gasteiger partial charge in [-0.3, -0.25) is 4.79 Å². The molecule has 3 aromatic rings. The van der Waals surface area contributed by atoms with Gasteiger partial charge in [-0.25, -0.2) is 15.0 Å². The van der Waals surface area contributed by atoms with E-state index in [0.717, 1.165) is 16.2 Å². The molecule has 0 fully saturated rings. The number of aromatic nitrogens is 4. The lowest BCUT2D eigenvalue weighted by molar-refractivity contribution is -0.141. The molecule has 158 valence electrons. The quantitative estimate of drug-likeness (QED) is 0.419. The Bertz CT molecular complexity index is 1090. The number of benzene rings is 1. The van der Waals surface area contributed by atoms with E-state index in [4.69, 9.17) is 19.9 Å². The Hall–Kier alpha value is -3.05. The zero-order valence-corrected chi connectivity index (χ0v) is 17.4. The first-order chi connectivity index (χ1) is 14.6. The van der Waals surface area contributed by atoms with E-state index < -0.39 is 0 Å². The molecule has 2 aromatic heterocycles. The van der Waals surface area contributed by atoms with Gasteiger partial charge in [0.05, 0.1) is 33.3 Å². The third-order valence-electron chi connectivity index (χ3n) is 4.53. The summed E-state index contributed by atoms with van der Waals surface area (Å²) in [5.74, 6) is 1.45. The second kappa shape index (κ2) is 8.76. The number of nitrogens with two attached hydrogens (primary N) is 1. The Labute approximate surface area is 176 Å². The molecule has 0 unspecified atom stereocenters. The molecule has 0 atom stereocenters. The highest BCUT2D eigenvalue weighted by Crippen LogP contribution is 2.40. The highest BCUT2D eigenvalue weighted by Gasteiger charge is 2.20. The van der Waals surface area contributed by atoms with Gasteiger partial charge in [0.1, 0.15) is 6.33 Å². The molecule has 0 saturated carbocycles. The smallest absolute Gasteiger partial charge is 0.307 e. The first-order valence-corrected chi connectivity index (χ1v) is 10.1. The molecular formula is C19H21N5O5S. The Morgan fingerprint density at radius 1 is 1.27 bits per heavy atom. The van der Waals surface area contributed by atoms with Gasteiger partial charge in [0.2, 0.25) is 6.79 Å². The highest BCUT2D eigenvalue weighted by atomic mass is 32.2. The zero-order valence-electron chi connectivity index (χ0n) is 16.6. The Balaban J connectivity index is 1.57. The molecule has 1 aliphatic rings. The average Bonchev–Trinajstić information content (AvgIpc) is 3.33. The van der Waals surface area contributed by atoms with E-state index >= 15 is 0 Å². The van der Waals surface area contributed by atoms with Crippen molar-refractivity contribution in [3.63, 3.8) is 0 Å². The van der Waals surface area contributed by atoms with Gasteiger partial charge in [-0.2, -0.15) is 0 Å². The number of fused-ring (bicyclic) bond motifs is 2. The number of hydrogen-bond donors (Lipinski definition) is 1. The molecule has 0 amide bonds. The number of methoxy groups -OCH3 is 1. The lowest BCUT2D eigenvalue weighted by atomic mass is 10.2. The minimum atomic E-state index is -0.307. The van der Waals surface area contributed by atoms with Crippen LogP contribution < -0.4 is 15.2 Å². The molecule has 30 heavy (non-hydrogen) atoms. The molecule has 1 aliphatic heterocycles. The minimum absolute atomic E-state index is 0.203. The summed E-state index contributed by atoms with van der Waals surface area (Å²) in [5.41, 5.74) is 8.20. The van der Waals surface area contributed by atoms with Crippen molar-refractivity contribution < 1.29 is 23.7 Å². The standard InChI is InChI=1S/C19H21N5O5S/c1-11-7-12-13(29-10-28-12)8-14(11)30-19-23-16-17(20)21-9-22-18(16)24(19)4-6-27-5-3-15(25)26-2/h7-9H,3-6,10H2,1-2H3,(H2,20,21,22). The van der Waals surface area contributed by atoms with E-state index in [2.05, 4.69) is 19.7 Å². The Kier molecular flexibility index (Phi) is 5.91. The fourth-order valence-corrected chi connectivity index (χ4v) is 3.97. The number of anilines is 1. The van der Waals surface area contributed by atoms with Crippen LogP contribution in [0.15, 0.2) is 28.5 Å². The molecule has 4 rings (SSSR count). The van der Waals surface area contributed by atoms with Gasteiger partial charge in [-0.1, -0.05) is 11.8 Å². The van der Waals surface area contributed by atoms with E-state index in [-0.39, 0.29) is 25.8 Å². The second-order valence-corrected chi connectivity index (χ2v) is 7.50. The largest absolute Gasteiger partial charge is 0.469 e. The number of ether oxygens (including phenoxy) is 4. The van der Waals surface area contributed by atoms with Crippen LogP contribution in [0.3, 0.4) is 0 Å². The van der Waals surface area contributed by atoms with Crippen molar-refractivity contribution in [2.45, 2.75) is 29.9 Å². The number of esters is 1. The van der Waals surface area contributed by atoms with Gasteiger partial charge in [0.25, 0.3) is 0 Å². The summed E-state index contributed by atoms with van der Waals surface area (Å²) in [6, 6.07) is 3.88. The van der Waals surface area contributed by atoms with Crippen LogP contribution in [0.25, 0.3) is 11.2 Å². The number of nitrogens with zero attached hydrogens (tertiary/aromatic N) is 4. The van der Waals surface area contributed by atoms with Gasteiger partial charge < -0.3 is 29.2 Å². The van der Waals surface area contributed by atoms with Crippen LogP contribution in [0.5, 0.6) is 11.5 Å². The topological polar surface area (TPSA) is 124 Å². The number of nitrogen functional groups attached to an aromatic ring is 1. The average molecular weight is 431 g/mol. The molecule has 3 heterocycles. The van der Waals surface area contributed by atoms with Gasteiger partial charge in [-0.15, -0.1) is 0 Å². The van der Waals surface area contributed by atoms with Crippen molar-refractivity contribution in [1.29, 1.82) is 0 Å². The summed E-state index contributed by atoms with van der Waals surface area (Å²) < 4.78 is 23.1. The van der Waals surface area contributed by atoms with E-state index in [1.54, 1.807) is 0 Å². The molecule has 0 radical (unpaired) electrons. The van der Waals surface area contributed by atoms with Crippen LogP contribution in [0.1, 0.15) is 12.0 Å².